The molecule has 0 fully saturated rings. The molecule has 0 saturated carbocycles. The van der Waals surface area contributed by atoms with Crippen LogP contribution in [-0.2, 0) is 0 Å². The average molecular weight is 266 g/mol. The van der Waals surface area contributed by atoms with E-state index in [4.69, 9.17) is 4.42 Å². The molecule has 0 bridgehead atoms. The highest BCUT2D eigenvalue weighted by Gasteiger charge is 2.13. The fraction of sp³-hybridized carbons (Fsp3) is 0. The SMILES string of the molecule is O=c1[nH]c(O)c(Sc2nc3ccccc3o2)s1. The summed E-state index contributed by atoms with van der Waals surface area (Å²) >= 11 is 2.04. The monoisotopic (exact) mass is 266 g/mol. The molecule has 0 aliphatic rings. The zero-order valence-electron chi connectivity index (χ0n) is 8.34. The molecule has 7 heteroatoms. The van der Waals surface area contributed by atoms with Crippen LogP contribution in [-0.4, -0.2) is 15.1 Å². The van der Waals surface area contributed by atoms with E-state index in [0.29, 0.717) is 15.0 Å². The van der Waals surface area contributed by atoms with Crippen molar-refractivity contribution in [2.45, 2.75) is 9.43 Å². The van der Waals surface area contributed by atoms with E-state index >= 15 is 0 Å². The predicted octanol–water partition coefficient (Wildman–Crippen LogP) is 2.43. The van der Waals surface area contributed by atoms with Gasteiger partial charge in [-0.05, 0) is 23.9 Å². The number of hydrogen-bond donors (Lipinski definition) is 2. The van der Waals surface area contributed by atoms with E-state index in [1.807, 2.05) is 24.3 Å². The molecule has 0 saturated heterocycles. The molecule has 0 aliphatic carbocycles. The van der Waals surface area contributed by atoms with Crippen molar-refractivity contribution in [1.82, 2.24) is 9.97 Å². The molecule has 0 spiro atoms. The largest absolute Gasteiger partial charge is 0.493 e. The van der Waals surface area contributed by atoms with Gasteiger partial charge in [-0.15, -0.1) is 0 Å². The molecule has 0 amide bonds. The van der Waals surface area contributed by atoms with Gasteiger partial charge in [-0.1, -0.05) is 23.5 Å². The lowest BCUT2D eigenvalue weighted by molar-refractivity contribution is 0.443. The van der Waals surface area contributed by atoms with E-state index in [0.717, 1.165) is 28.6 Å². The lowest BCUT2D eigenvalue weighted by Gasteiger charge is -1.90. The lowest BCUT2D eigenvalue weighted by Crippen LogP contribution is -1.89. The van der Waals surface area contributed by atoms with E-state index < -0.39 is 0 Å². The summed E-state index contributed by atoms with van der Waals surface area (Å²) in [6.45, 7) is 0. The summed E-state index contributed by atoms with van der Waals surface area (Å²) in [4.78, 5) is 17.2. The highest BCUT2D eigenvalue weighted by molar-refractivity contribution is 8.01. The lowest BCUT2D eigenvalue weighted by atomic mass is 10.3. The van der Waals surface area contributed by atoms with Crippen molar-refractivity contribution in [3.63, 3.8) is 0 Å². The number of aromatic hydroxyl groups is 1. The van der Waals surface area contributed by atoms with Gasteiger partial charge in [-0.3, -0.25) is 9.78 Å². The topological polar surface area (TPSA) is 79.1 Å². The third kappa shape index (κ3) is 1.94. The highest BCUT2D eigenvalue weighted by Crippen LogP contribution is 2.35. The highest BCUT2D eigenvalue weighted by atomic mass is 32.2. The molecular weight excluding hydrogens is 260 g/mol. The molecule has 3 rings (SSSR count). The van der Waals surface area contributed by atoms with E-state index in [-0.39, 0.29) is 10.8 Å². The second-order valence-corrected chi connectivity index (χ2v) is 5.40. The van der Waals surface area contributed by atoms with Crippen molar-refractivity contribution in [3.8, 4) is 5.88 Å². The molecule has 0 aliphatic heterocycles. The van der Waals surface area contributed by atoms with Crippen molar-refractivity contribution < 1.29 is 9.52 Å². The third-order valence-electron chi connectivity index (χ3n) is 2.05. The molecule has 2 aromatic heterocycles. The number of H-pyrrole nitrogens is 1. The molecule has 5 nitrogen and oxygen atoms in total. The molecule has 86 valence electrons. The summed E-state index contributed by atoms with van der Waals surface area (Å²) in [5.41, 5.74) is 1.43. The molecule has 0 atom stereocenters. The van der Waals surface area contributed by atoms with Gasteiger partial charge in [0.05, 0.1) is 0 Å². The third-order valence-corrected chi connectivity index (χ3v) is 3.95. The Balaban J connectivity index is 2.00. The van der Waals surface area contributed by atoms with E-state index in [1.54, 1.807) is 0 Å². The minimum Gasteiger partial charge on any atom is -0.493 e. The van der Waals surface area contributed by atoms with Gasteiger partial charge in [0.15, 0.2) is 5.58 Å². The zero-order chi connectivity index (χ0) is 11.8. The van der Waals surface area contributed by atoms with Crippen LogP contribution in [0.4, 0.5) is 0 Å². The number of rotatable bonds is 2. The van der Waals surface area contributed by atoms with Gasteiger partial charge in [-0.25, -0.2) is 4.98 Å². The number of para-hydroxylation sites is 2. The Morgan fingerprint density at radius 3 is 2.94 bits per heavy atom. The first-order chi connectivity index (χ1) is 8.22. The minimum atomic E-state index is -0.305. The van der Waals surface area contributed by atoms with Crippen molar-refractivity contribution >= 4 is 34.2 Å². The summed E-state index contributed by atoms with van der Waals surface area (Å²) in [5, 5.41) is 9.83. The van der Waals surface area contributed by atoms with Crippen LogP contribution in [0.3, 0.4) is 0 Å². The number of nitrogens with one attached hydrogen (secondary N) is 1. The standard InChI is InChI=1S/C10H6N2O3S2/c13-7-8(16-9(14)12-7)17-10-11-5-3-1-2-4-6(5)15-10/h1-4,13H,(H,12,14). The maximum atomic E-state index is 11.0. The number of aromatic nitrogens is 2. The van der Waals surface area contributed by atoms with Gasteiger partial charge < -0.3 is 9.52 Å². The molecule has 0 unspecified atom stereocenters. The first-order valence-electron chi connectivity index (χ1n) is 4.68. The maximum Gasteiger partial charge on any atom is 0.308 e. The van der Waals surface area contributed by atoms with Crippen LogP contribution in [0.5, 0.6) is 5.88 Å². The zero-order valence-corrected chi connectivity index (χ0v) is 9.97. The molecule has 3 aromatic rings. The first-order valence-corrected chi connectivity index (χ1v) is 6.31. The van der Waals surface area contributed by atoms with E-state index in [1.165, 1.54) is 0 Å². The quantitative estimate of drug-likeness (QED) is 0.744. The summed E-state index contributed by atoms with van der Waals surface area (Å²) in [6, 6.07) is 7.37. The Morgan fingerprint density at radius 1 is 1.41 bits per heavy atom. The number of nitrogens with zero attached hydrogens (tertiary/aromatic N) is 1. The summed E-state index contributed by atoms with van der Waals surface area (Å²) < 4.78 is 5.91. The van der Waals surface area contributed by atoms with Gasteiger partial charge in [0.2, 0.25) is 5.88 Å². The summed E-state index contributed by atoms with van der Waals surface area (Å²) in [5.74, 6) is -0.146. The second-order valence-electron chi connectivity index (χ2n) is 3.20. The molecular formula is C10H6N2O3S2. The van der Waals surface area contributed by atoms with Crippen LogP contribution in [0.25, 0.3) is 11.1 Å². The van der Waals surface area contributed by atoms with Crippen molar-refractivity contribution in [3.05, 3.63) is 33.9 Å². The number of oxazole rings is 1. The van der Waals surface area contributed by atoms with E-state index in [9.17, 15) is 9.90 Å². The Morgan fingerprint density at radius 2 is 2.24 bits per heavy atom. The first kappa shape index (κ1) is 10.4. The van der Waals surface area contributed by atoms with Gasteiger partial charge in [0.25, 0.3) is 5.22 Å². The van der Waals surface area contributed by atoms with Crippen LogP contribution in [0, 0.1) is 0 Å². The number of benzene rings is 1. The average Bonchev–Trinajstić information content (AvgIpc) is 2.82. The predicted molar refractivity (Wildman–Crippen MR) is 64.7 cm³/mol. The fourth-order valence-corrected chi connectivity index (χ4v) is 3.00. The van der Waals surface area contributed by atoms with Crippen molar-refractivity contribution in [1.29, 1.82) is 0 Å². The number of hydrogen-bond acceptors (Lipinski definition) is 6. The maximum absolute atomic E-state index is 11.0. The Bertz CT molecular complexity index is 695. The van der Waals surface area contributed by atoms with E-state index in [2.05, 4.69) is 9.97 Å². The summed E-state index contributed by atoms with van der Waals surface area (Å²) in [7, 11) is 0. The Kier molecular flexibility index (Phi) is 2.41. The molecule has 0 radical (unpaired) electrons. The van der Waals surface area contributed by atoms with Crippen LogP contribution in [0.1, 0.15) is 0 Å². The van der Waals surface area contributed by atoms with Crippen molar-refractivity contribution in [2.24, 2.45) is 0 Å². The molecule has 1 aromatic carbocycles. The number of thiazole rings is 1. The van der Waals surface area contributed by atoms with Crippen LogP contribution in [0.15, 0.2) is 42.9 Å². The minimum absolute atomic E-state index is 0.146. The number of fused-ring (bicyclic) bond motifs is 1. The van der Waals surface area contributed by atoms with Crippen molar-refractivity contribution in [2.75, 3.05) is 0 Å². The summed E-state index contributed by atoms with van der Waals surface area (Å²) in [6.07, 6.45) is 0. The van der Waals surface area contributed by atoms with Gasteiger partial charge in [0.1, 0.15) is 9.73 Å². The normalized spacial score (nSPS) is 11.1. The van der Waals surface area contributed by atoms with Gasteiger partial charge in [-0.2, -0.15) is 0 Å². The number of aromatic amines is 1. The molecule has 2 heterocycles. The smallest absolute Gasteiger partial charge is 0.308 e. The molecule has 17 heavy (non-hydrogen) atoms. The van der Waals surface area contributed by atoms with Gasteiger partial charge in [0, 0.05) is 0 Å². The second kappa shape index (κ2) is 3.94. The Hall–Kier alpha value is -1.73. The Labute approximate surface area is 103 Å². The molecule has 2 N–H and O–H groups in total. The van der Waals surface area contributed by atoms with Crippen LogP contribution in [0.2, 0.25) is 0 Å². The van der Waals surface area contributed by atoms with Crippen LogP contribution < -0.4 is 4.87 Å². The van der Waals surface area contributed by atoms with Crippen LogP contribution >= 0.6 is 23.1 Å². The van der Waals surface area contributed by atoms with Gasteiger partial charge >= 0.3 is 4.87 Å². The fourth-order valence-electron chi connectivity index (χ4n) is 1.35.